The molecular weight excluding hydrogens is 170 g/mol. The predicted molar refractivity (Wildman–Crippen MR) is 47.5 cm³/mol. The molecule has 4 N–H and O–H groups in total. The summed E-state index contributed by atoms with van der Waals surface area (Å²) in [6.45, 7) is 0.0266. The Bertz CT molecular complexity index is 311. The quantitative estimate of drug-likeness (QED) is 0.634. The molecule has 0 amide bonds. The van der Waals surface area contributed by atoms with E-state index in [1.54, 1.807) is 12.1 Å². The smallest absolute Gasteiger partial charge is 0.312 e. The summed E-state index contributed by atoms with van der Waals surface area (Å²) in [6, 6.07) is 6.12. The van der Waals surface area contributed by atoms with Gasteiger partial charge in [-0.25, -0.2) is 0 Å². The van der Waals surface area contributed by atoms with Gasteiger partial charge in [0.05, 0.1) is 5.92 Å². The number of nitrogens with two attached hydrogens (primary N) is 1. The number of phenols is 1. The number of carboxylic acids is 1. The van der Waals surface area contributed by atoms with Crippen molar-refractivity contribution >= 4 is 5.97 Å². The van der Waals surface area contributed by atoms with Gasteiger partial charge in [-0.15, -0.1) is 0 Å². The molecule has 1 aromatic rings. The van der Waals surface area contributed by atoms with Gasteiger partial charge in [0.15, 0.2) is 0 Å². The van der Waals surface area contributed by atoms with Crippen LogP contribution in [0.15, 0.2) is 24.3 Å². The number of carboxylic acid groups (broad SMARTS) is 1. The lowest BCUT2D eigenvalue weighted by molar-refractivity contribution is -0.138. The lowest BCUT2D eigenvalue weighted by atomic mass is 9.99. The first-order valence-electron chi connectivity index (χ1n) is 3.87. The first kappa shape index (κ1) is 9.54. The molecule has 0 bridgehead atoms. The Hall–Kier alpha value is -1.55. The van der Waals surface area contributed by atoms with E-state index in [-0.39, 0.29) is 12.3 Å². The SMILES string of the molecule is NCC(C(=O)O)c1cccc(O)c1. The molecule has 4 heteroatoms. The Morgan fingerprint density at radius 1 is 1.54 bits per heavy atom. The van der Waals surface area contributed by atoms with Gasteiger partial charge in [-0.2, -0.15) is 0 Å². The Morgan fingerprint density at radius 2 is 2.23 bits per heavy atom. The van der Waals surface area contributed by atoms with Gasteiger partial charge < -0.3 is 15.9 Å². The lowest BCUT2D eigenvalue weighted by Gasteiger charge is -2.09. The number of phenolic OH excluding ortho intramolecular Hbond substituents is 1. The van der Waals surface area contributed by atoms with Crippen molar-refractivity contribution in [2.45, 2.75) is 5.92 Å². The molecule has 1 unspecified atom stereocenters. The van der Waals surface area contributed by atoms with Crippen molar-refractivity contribution in [2.24, 2.45) is 5.73 Å². The monoisotopic (exact) mass is 181 g/mol. The number of hydrogen-bond donors (Lipinski definition) is 3. The Labute approximate surface area is 75.6 Å². The highest BCUT2D eigenvalue weighted by Gasteiger charge is 2.17. The summed E-state index contributed by atoms with van der Waals surface area (Å²) in [5, 5.41) is 17.9. The Balaban J connectivity index is 2.98. The van der Waals surface area contributed by atoms with Gasteiger partial charge in [0.25, 0.3) is 0 Å². The Morgan fingerprint density at radius 3 is 2.69 bits per heavy atom. The molecule has 0 aliphatic carbocycles. The van der Waals surface area contributed by atoms with E-state index < -0.39 is 11.9 Å². The zero-order chi connectivity index (χ0) is 9.84. The second-order valence-corrected chi connectivity index (χ2v) is 2.72. The van der Waals surface area contributed by atoms with Gasteiger partial charge in [-0.05, 0) is 17.7 Å². The van der Waals surface area contributed by atoms with Crippen molar-refractivity contribution in [2.75, 3.05) is 6.54 Å². The van der Waals surface area contributed by atoms with Crippen LogP contribution in [0.1, 0.15) is 11.5 Å². The maximum absolute atomic E-state index is 10.7. The van der Waals surface area contributed by atoms with Gasteiger partial charge in [-0.3, -0.25) is 4.79 Å². The lowest BCUT2D eigenvalue weighted by Crippen LogP contribution is -2.20. The van der Waals surface area contributed by atoms with Crippen LogP contribution in [0.4, 0.5) is 0 Å². The maximum atomic E-state index is 10.7. The predicted octanol–water partition coefficient (Wildman–Crippen LogP) is 0.519. The van der Waals surface area contributed by atoms with E-state index >= 15 is 0 Å². The molecule has 0 aromatic heterocycles. The second kappa shape index (κ2) is 3.91. The number of hydrogen-bond acceptors (Lipinski definition) is 3. The van der Waals surface area contributed by atoms with E-state index in [0.29, 0.717) is 5.56 Å². The van der Waals surface area contributed by atoms with E-state index in [1.807, 2.05) is 0 Å². The molecule has 1 rings (SSSR count). The standard InChI is InChI=1S/C9H11NO3/c10-5-8(9(12)13)6-2-1-3-7(11)4-6/h1-4,8,11H,5,10H2,(H,12,13). The van der Waals surface area contributed by atoms with Gasteiger partial charge in [0.2, 0.25) is 0 Å². The molecule has 1 aromatic carbocycles. The molecule has 13 heavy (non-hydrogen) atoms. The van der Waals surface area contributed by atoms with Crippen molar-refractivity contribution in [3.63, 3.8) is 0 Å². The molecule has 1 atom stereocenters. The van der Waals surface area contributed by atoms with Crippen LogP contribution >= 0.6 is 0 Å². The van der Waals surface area contributed by atoms with Crippen LogP contribution in [0, 0.1) is 0 Å². The summed E-state index contributed by atoms with van der Waals surface area (Å²) in [4.78, 5) is 10.7. The third kappa shape index (κ3) is 2.19. The molecule has 0 spiro atoms. The molecule has 0 saturated heterocycles. The van der Waals surface area contributed by atoms with Crippen molar-refractivity contribution in [1.29, 1.82) is 0 Å². The first-order valence-corrected chi connectivity index (χ1v) is 3.87. The normalized spacial score (nSPS) is 12.4. The van der Waals surface area contributed by atoms with Crippen LogP contribution in [-0.4, -0.2) is 22.7 Å². The van der Waals surface area contributed by atoms with E-state index in [9.17, 15) is 4.79 Å². The number of rotatable bonds is 3. The summed E-state index contributed by atoms with van der Waals surface area (Å²) >= 11 is 0. The Kier molecular flexibility index (Phi) is 2.87. The maximum Gasteiger partial charge on any atom is 0.312 e. The van der Waals surface area contributed by atoms with E-state index in [1.165, 1.54) is 12.1 Å². The van der Waals surface area contributed by atoms with Gasteiger partial charge in [-0.1, -0.05) is 12.1 Å². The van der Waals surface area contributed by atoms with Crippen molar-refractivity contribution < 1.29 is 15.0 Å². The molecule has 70 valence electrons. The third-order valence-electron chi connectivity index (χ3n) is 1.81. The molecule has 0 aliphatic rings. The zero-order valence-corrected chi connectivity index (χ0v) is 6.97. The largest absolute Gasteiger partial charge is 0.508 e. The average Bonchev–Trinajstić information content (AvgIpc) is 2.04. The highest BCUT2D eigenvalue weighted by molar-refractivity contribution is 5.76. The van der Waals surface area contributed by atoms with E-state index in [2.05, 4.69) is 0 Å². The third-order valence-corrected chi connectivity index (χ3v) is 1.81. The highest BCUT2D eigenvalue weighted by atomic mass is 16.4. The van der Waals surface area contributed by atoms with E-state index in [4.69, 9.17) is 15.9 Å². The van der Waals surface area contributed by atoms with Gasteiger partial charge in [0, 0.05) is 6.54 Å². The number of aromatic hydroxyl groups is 1. The fourth-order valence-corrected chi connectivity index (χ4v) is 1.12. The van der Waals surface area contributed by atoms with Crippen LogP contribution in [0.25, 0.3) is 0 Å². The van der Waals surface area contributed by atoms with E-state index in [0.717, 1.165) is 0 Å². The molecule has 0 saturated carbocycles. The highest BCUT2D eigenvalue weighted by Crippen LogP contribution is 2.19. The van der Waals surface area contributed by atoms with Crippen LogP contribution in [0.5, 0.6) is 5.75 Å². The van der Waals surface area contributed by atoms with Crippen molar-refractivity contribution in [3.05, 3.63) is 29.8 Å². The van der Waals surface area contributed by atoms with Crippen molar-refractivity contribution in [3.8, 4) is 5.75 Å². The van der Waals surface area contributed by atoms with Crippen LogP contribution in [0.2, 0.25) is 0 Å². The minimum Gasteiger partial charge on any atom is -0.508 e. The summed E-state index contributed by atoms with van der Waals surface area (Å²) < 4.78 is 0. The topological polar surface area (TPSA) is 83.6 Å². The minimum atomic E-state index is -0.979. The van der Waals surface area contributed by atoms with Crippen LogP contribution < -0.4 is 5.73 Å². The summed E-state index contributed by atoms with van der Waals surface area (Å²) in [5.74, 6) is -1.67. The molecule has 4 nitrogen and oxygen atoms in total. The summed E-state index contributed by atoms with van der Waals surface area (Å²) in [6.07, 6.45) is 0. The first-order chi connectivity index (χ1) is 6.15. The molecular formula is C9H11NO3. The number of benzene rings is 1. The average molecular weight is 181 g/mol. The molecule has 0 radical (unpaired) electrons. The van der Waals surface area contributed by atoms with Crippen LogP contribution in [0.3, 0.4) is 0 Å². The van der Waals surface area contributed by atoms with Crippen LogP contribution in [-0.2, 0) is 4.79 Å². The fraction of sp³-hybridized carbons (Fsp3) is 0.222. The van der Waals surface area contributed by atoms with Crippen molar-refractivity contribution in [1.82, 2.24) is 0 Å². The fourth-order valence-electron chi connectivity index (χ4n) is 1.12. The second-order valence-electron chi connectivity index (χ2n) is 2.72. The summed E-state index contributed by atoms with van der Waals surface area (Å²) in [7, 11) is 0. The molecule has 0 fully saturated rings. The number of carbonyl (C=O) groups is 1. The molecule has 0 aliphatic heterocycles. The van der Waals surface area contributed by atoms with Gasteiger partial charge in [0.1, 0.15) is 5.75 Å². The molecule has 0 heterocycles. The van der Waals surface area contributed by atoms with Gasteiger partial charge >= 0.3 is 5.97 Å². The summed E-state index contributed by atoms with van der Waals surface area (Å²) in [5.41, 5.74) is 5.82. The number of aliphatic carboxylic acids is 1. The minimum absolute atomic E-state index is 0.0266. The zero-order valence-electron chi connectivity index (χ0n) is 6.97.